The minimum absolute atomic E-state index is 0.322. The molecule has 0 aliphatic rings. The van der Waals surface area contributed by atoms with Crippen LogP contribution in [0.15, 0.2) is 24.3 Å². The van der Waals surface area contributed by atoms with Gasteiger partial charge in [-0.15, -0.1) is 0 Å². The number of nitrogens with one attached hydrogen (secondary N) is 1. The molecule has 0 heterocycles. The second-order valence-corrected chi connectivity index (χ2v) is 3.20. The first kappa shape index (κ1) is 9.07. The minimum atomic E-state index is 0.322. The zero-order valence-corrected chi connectivity index (χ0v) is 7.54. The van der Waals surface area contributed by atoms with Crippen LogP contribution in [0.25, 0.3) is 0 Å². The third kappa shape index (κ3) is 2.93. The van der Waals surface area contributed by atoms with Crippen LogP contribution in [-0.4, -0.2) is 11.1 Å². The Balaban J connectivity index is 2.48. The molecule has 0 aromatic heterocycles. The maximum Gasteiger partial charge on any atom is 0.115 e. The zero-order valence-electron chi connectivity index (χ0n) is 7.54. The summed E-state index contributed by atoms with van der Waals surface area (Å²) in [4.78, 5) is 0. The predicted molar refractivity (Wildman–Crippen MR) is 50.1 cm³/mol. The summed E-state index contributed by atoms with van der Waals surface area (Å²) in [5, 5.41) is 12.3. The van der Waals surface area contributed by atoms with E-state index in [1.165, 1.54) is 5.56 Å². The van der Waals surface area contributed by atoms with E-state index in [2.05, 4.69) is 19.2 Å². The Morgan fingerprint density at radius 3 is 2.33 bits per heavy atom. The summed E-state index contributed by atoms with van der Waals surface area (Å²) in [7, 11) is 0. The fourth-order valence-corrected chi connectivity index (χ4v) is 0.936. The lowest BCUT2D eigenvalue weighted by Crippen LogP contribution is -2.21. The zero-order chi connectivity index (χ0) is 8.97. The standard InChI is InChI=1S/C10H15NO/c1-8(2)11-7-9-3-5-10(12)6-4-9/h3-6,8,11-12H,7H2,1-2H3. The summed E-state index contributed by atoms with van der Waals surface area (Å²) >= 11 is 0. The van der Waals surface area contributed by atoms with Crippen molar-refractivity contribution in [2.45, 2.75) is 26.4 Å². The van der Waals surface area contributed by atoms with E-state index in [1.807, 2.05) is 12.1 Å². The van der Waals surface area contributed by atoms with Crippen molar-refractivity contribution in [3.63, 3.8) is 0 Å². The molecule has 66 valence electrons. The van der Waals surface area contributed by atoms with Crippen molar-refractivity contribution in [1.29, 1.82) is 0 Å². The highest BCUT2D eigenvalue weighted by Gasteiger charge is 1.94. The lowest BCUT2D eigenvalue weighted by molar-refractivity contribution is 0.475. The highest BCUT2D eigenvalue weighted by molar-refractivity contribution is 5.25. The average Bonchev–Trinajstić information content (AvgIpc) is 2.03. The molecule has 0 spiro atoms. The molecule has 0 aliphatic heterocycles. The van der Waals surface area contributed by atoms with Crippen LogP contribution in [0.2, 0.25) is 0 Å². The van der Waals surface area contributed by atoms with Gasteiger partial charge in [-0.1, -0.05) is 26.0 Å². The van der Waals surface area contributed by atoms with Gasteiger partial charge in [-0.05, 0) is 17.7 Å². The van der Waals surface area contributed by atoms with Crippen LogP contribution in [0, 0.1) is 0 Å². The molecule has 0 unspecified atom stereocenters. The fraction of sp³-hybridized carbons (Fsp3) is 0.400. The maximum absolute atomic E-state index is 9.01. The van der Waals surface area contributed by atoms with Crippen molar-refractivity contribution in [3.05, 3.63) is 29.8 Å². The molecule has 0 aliphatic carbocycles. The van der Waals surface area contributed by atoms with Crippen LogP contribution in [0.5, 0.6) is 5.75 Å². The Bertz CT molecular complexity index is 228. The van der Waals surface area contributed by atoms with E-state index in [1.54, 1.807) is 12.1 Å². The van der Waals surface area contributed by atoms with Crippen LogP contribution in [0.4, 0.5) is 0 Å². The van der Waals surface area contributed by atoms with Gasteiger partial charge < -0.3 is 10.4 Å². The number of aromatic hydroxyl groups is 1. The van der Waals surface area contributed by atoms with Gasteiger partial charge in [-0.25, -0.2) is 0 Å². The largest absolute Gasteiger partial charge is 0.508 e. The Morgan fingerprint density at radius 1 is 1.25 bits per heavy atom. The van der Waals surface area contributed by atoms with E-state index in [0.29, 0.717) is 11.8 Å². The normalized spacial score (nSPS) is 10.6. The van der Waals surface area contributed by atoms with E-state index in [4.69, 9.17) is 5.11 Å². The predicted octanol–water partition coefficient (Wildman–Crippen LogP) is 1.89. The number of phenolic OH excluding ortho intramolecular Hbond substituents is 1. The minimum Gasteiger partial charge on any atom is -0.508 e. The molecule has 1 aromatic rings. The molecule has 0 fully saturated rings. The van der Waals surface area contributed by atoms with Crippen LogP contribution >= 0.6 is 0 Å². The van der Waals surface area contributed by atoms with Gasteiger partial charge in [0.05, 0.1) is 0 Å². The number of rotatable bonds is 3. The Labute approximate surface area is 73.2 Å². The van der Waals surface area contributed by atoms with Gasteiger partial charge in [-0.3, -0.25) is 0 Å². The highest BCUT2D eigenvalue weighted by atomic mass is 16.3. The molecule has 0 atom stereocenters. The quantitative estimate of drug-likeness (QED) is 0.716. The van der Waals surface area contributed by atoms with Gasteiger partial charge in [0.15, 0.2) is 0 Å². The van der Waals surface area contributed by atoms with Crippen molar-refractivity contribution in [2.75, 3.05) is 0 Å². The average molecular weight is 165 g/mol. The van der Waals surface area contributed by atoms with Crippen LogP contribution in [-0.2, 0) is 6.54 Å². The Hall–Kier alpha value is -1.02. The lowest BCUT2D eigenvalue weighted by atomic mass is 10.2. The first-order valence-corrected chi connectivity index (χ1v) is 4.20. The van der Waals surface area contributed by atoms with Gasteiger partial charge in [0.2, 0.25) is 0 Å². The van der Waals surface area contributed by atoms with E-state index in [9.17, 15) is 0 Å². The van der Waals surface area contributed by atoms with E-state index < -0.39 is 0 Å². The van der Waals surface area contributed by atoms with Crippen molar-refractivity contribution >= 4 is 0 Å². The van der Waals surface area contributed by atoms with Crippen LogP contribution < -0.4 is 5.32 Å². The Kier molecular flexibility index (Phi) is 3.11. The monoisotopic (exact) mass is 165 g/mol. The van der Waals surface area contributed by atoms with Crippen molar-refractivity contribution in [2.24, 2.45) is 0 Å². The second-order valence-electron chi connectivity index (χ2n) is 3.20. The third-order valence-electron chi connectivity index (χ3n) is 1.65. The molecule has 1 aromatic carbocycles. The number of hydrogen-bond acceptors (Lipinski definition) is 2. The summed E-state index contributed by atoms with van der Waals surface area (Å²) in [6, 6.07) is 7.75. The van der Waals surface area contributed by atoms with Gasteiger partial charge in [-0.2, -0.15) is 0 Å². The fourth-order valence-electron chi connectivity index (χ4n) is 0.936. The van der Waals surface area contributed by atoms with Gasteiger partial charge in [0.25, 0.3) is 0 Å². The van der Waals surface area contributed by atoms with E-state index in [-0.39, 0.29) is 0 Å². The van der Waals surface area contributed by atoms with E-state index >= 15 is 0 Å². The number of benzene rings is 1. The van der Waals surface area contributed by atoms with Crippen LogP contribution in [0.3, 0.4) is 0 Å². The molecule has 0 radical (unpaired) electrons. The highest BCUT2D eigenvalue weighted by Crippen LogP contribution is 2.09. The van der Waals surface area contributed by atoms with Gasteiger partial charge in [0.1, 0.15) is 5.75 Å². The van der Waals surface area contributed by atoms with Crippen molar-refractivity contribution in [3.8, 4) is 5.75 Å². The molecule has 0 saturated carbocycles. The first-order valence-electron chi connectivity index (χ1n) is 4.20. The molecular formula is C10H15NO. The summed E-state index contributed by atoms with van der Waals surface area (Å²) in [6.07, 6.45) is 0. The molecule has 2 heteroatoms. The SMILES string of the molecule is CC(C)NCc1ccc(O)cc1. The molecule has 2 N–H and O–H groups in total. The van der Waals surface area contributed by atoms with Gasteiger partial charge in [0, 0.05) is 12.6 Å². The van der Waals surface area contributed by atoms with Gasteiger partial charge >= 0.3 is 0 Å². The summed E-state index contributed by atoms with van der Waals surface area (Å²) in [6.45, 7) is 5.08. The molecular weight excluding hydrogens is 150 g/mol. The lowest BCUT2D eigenvalue weighted by Gasteiger charge is -2.07. The topological polar surface area (TPSA) is 32.3 Å². The Morgan fingerprint density at radius 2 is 1.83 bits per heavy atom. The summed E-state index contributed by atoms with van der Waals surface area (Å²) in [5.74, 6) is 0.322. The number of phenols is 1. The third-order valence-corrected chi connectivity index (χ3v) is 1.65. The summed E-state index contributed by atoms with van der Waals surface area (Å²) < 4.78 is 0. The smallest absolute Gasteiger partial charge is 0.115 e. The van der Waals surface area contributed by atoms with Crippen LogP contribution in [0.1, 0.15) is 19.4 Å². The molecule has 2 nitrogen and oxygen atoms in total. The summed E-state index contributed by atoms with van der Waals surface area (Å²) in [5.41, 5.74) is 1.20. The maximum atomic E-state index is 9.01. The molecule has 1 rings (SSSR count). The van der Waals surface area contributed by atoms with E-state index in [0.717, 1.165) is 6.54 Å². The molecule has 12 heavy (non-hydrogen) atoms. The molecule has 0 bridgehead atoms. The molecule has 0 amide bonds. The molecule has 0 saturated heterocycles. The van der Waals surface area contributed by atoms with Crippen molar-refractivity contribution in [1.82, 2.24) is 5.32 Å². The second kappa shape index (κ2) is 4.12. The first-order chi connectivity index (χ1) is 5.68. The van der Waals surface area contributed by atoms with Crippen molar-refractivity contribution < 1.29 is 5.11 Å². The number of hydrogen-bond donors (Lipinski definition) is 2.